The molecule has 0 aliphatic heterocycles. The molecule has 0 saturated heterocycles. The first-order valence-corrected chi connectivity index (χ1v) is 7.43. The van der Waals surface area contributed by atoms with E-state index < -0.39 is 0 Å². The minimum atomic E-state index is 0.114. The second-order valence-corrected chi connectivity index (χ2v) is 5.50. The molecule has 1 N–H and O–H groups in total. The Morgan fingerprint density at radius 3 is 2.42 bits per heavy atom. The molecule has 0 saturated carbocycles. The van der Waals surface area contributed by atoms with Gasteiger partial charge in [0.15, 0.2) is 0 Å². The number of hydrogen-bond acceptors (Lipinski definition) is 3. The molecule has 1 rings (SSSR count). The number of imidazole rings is 1. The third kappa shape index (κ3) is 3.57. The molecule has 0 aliphatic carbocycles. The molecule has 0 radical (unpaired) electrons. The van der Waals surface area contributed by atoms with Gasteiger partial charge >= 0.3 is 0 Å². The Bertz CT molecular complexity index is 366. The Hall–Kier alpha value is -0.870. The Morgan fingerprint density at radius 2 is 1.95 bits per heavy atom. The van der Waals surface area contributed by atoms with Crippen LogP contribution in [0, 0.1) is 0 Å². The van der Waals surface area contributed by atoms with Crippen molar-refractivity contribution in [3.05, 3.63) is 18.2 Å². The van der Waals surface area contributed by atoms with Crippen LogP contribution in [0.15, 0.2) is 12.4 Å². The third-order valence-electron chi connectivity index (χ3n) is 4.31. The number of nitrogens with one attached hydrogen (secondary N) is 1. The van der Waals surface area contributed by atoms with Crippen molar-refractivity contribution in [2.75, 3.05) is 20.1 Å². The molecule has 1 aromatic rings. The molecule has 19 heavy (non-hydrogen) atoms. The maximum atomic E-state index is 4.50. The quantitative estimate of drug-likeness (QED) is 0.783. The molecule has 110 valence electrons. The molecule has 0 spiro atoms. The van der Waals surface area contributed by atoms with Gasteiger partial charge in [-0.15, -0.1) is 0 Å². The normalized spacial score (nSPS) is 14.1. The summed E-state index contributed by atoms with van der Waals surface area (Å²) < 4.78 is 2.22. The lowest BCUT2D eigenvalue weighted by atomic mass is 9.89. The van der Waals surface area contributed by atoms with Crippen LogP contribution in [0.1, 0.15) is 40.4 Å². The van der Waals surface area contributed by atoms with Gasteiger partial charge in [-0.3, -0.25) is 4.90 Å². The zero-order valence-corrected chi connectivity index (χ0v) is 13.4. The van der Waals surface area contributed by atoms with Gasteiger partial charge in [0.25, 0.3) is 0 Å². The van der Waals surface area contributed by atoms with Crippen LogP contribution >= 0.6 is 0 Å². The number of aryl methyl sites for hydroxylation is 1. The molecule has 1 aromatic heterocycles. The van der Waals surface area contributed by atoms with Crippen LogP contribution in [0.2, 0.25) is 0 Å². The summed E-state index contributed by atoms with van der Waals surface area (Å²) in [6, 6.07) is 0.389. The summed E-state index contributed by atoms with van der Waals surface area (Å²) in [6.07, 6.45) is 4.92. The van der Waals surface area contributed by atoms with Crippen molar-refractivity contribution in [3.63, 3.8) is 0 Å². The lowest BCUT2D eigenvalue weighted by Crippen LogP contribution is -2.58. The number of hydrogen-bond donors (Lipinski definition) is 1. The molecule has 0 aromatic carbocycles. The summed E-state index contributed by atoms with van der Waals surface area (Å²) in [7, 11) is 2.05. The highest BCUT2D eigenvalue weighted by atomic mass is 15.2. The van der Waals surface area contributed by atoms with Crippen LogP contribution in [0.5, 0.6) is 0 Å². The number of rotatable bonds is 8. The smallest absolute Gasteiger partial charge is 0.110 e. The fourth-order valence-electron chi connectivity index (χ4n) is 2.96. The van der Waals surface area contributed by atoms with Crippen LogP contribution in [0.4, 0.5) is 0 Å². The van der Waals surface area contributed by atoms with Crippen molar-refractivity contribution >= 4 is 0 Å². The first-order chi connectivity index (χ1) is 9.01. The van der Waals surface area contributed by atoms with E-state index in [2.05, 4.69) is 67.6 Å². The van der Waals surface area contributed by atoms with Gasteiger partial charge in [-0.05, 0) is 40.9 Å². The zero-order valence-electron chi connectivity index (χ0n) is 13.4. The summed E-state index contributed by atoms with van der Waals surface area (Å²) in [5.74, 6) is 1.17. The van der Waals surface area contributed by atoms with Crippen molar-refractivity contribution in [2.24, 2.45) is 0 Å². The van der Waals surface area contributed by atoms with Gasteiger partial charge in [-0.2, -0.15) is 0 Å². The fourth-order valence-corrected chi connectivity index (χ4v) is 2.96. The minimum absolute atomic E-state index is 0.114. The summed E-state index contributed by atoms with van der Waals surface area (Å²) >= 11 is 0. The molecule has 0 bridgehead atoms. The number of aromatic nitrogens is 2. The first-order valence-electron chi connectivity index (χ1n) is 7.43. The number of likely N-dealkylation sites (N-methyl/N-ethyl adjacent to an activating group) is 2. The predicted octanol–water partition coefficient (Wildman–Crippen LogP) is 2.15. The van der Waals surface area contributed by atoms with E-state index in [9.17, 15) is 0 Å². The average Bonchev–Trinajstić information content (AvgIpc) is 2.83. The van der Waals surface area contributed by atoms with Crippen molar-refractivity contribution in [2.45, 2.75) is 59.2 Å². The van der Waals surface area contributed by atoms with Crippen LogP contribution in [-0.4, -0.2) is 46.2 Å². The largest absolute Gasteiger partial charge is 0.335 e. The van der Waals surface area contributed by atoms with E-state index in [-0.39, 0.29) is 5.54 Å². The summed E-state index contributed by atoms with van der Waals surface area (Å²) in [6.45, 7) is 14.4. The SMILES string of the molecule is CCN(CC)C(C)(C)C(Cc1nccn1CC)NC. The Kier molecular flexibility index (Phi) is 6.01. The molecule has 0 aliphatic rings. The highest BCUT2D eigenvalue weighted by Crippen LogP contribution is 2.21. The Labute approximate surface area is 118 Å². The van der Waals surface area contributed by atoms with Crippen LogP contribution in [0.3, 0.4) is 0 Å². The van der Waals surface area contributed by atoms with Crippen molar-refractivity contribution in [1.82, 2.24) is 19.8 Å². The second-order valence-electron chi connectivity index (χ2n) is 5.50. The molecule has 4 heteroatoms. The Morgan fingerprint density at radius 1 is 1.32 bits per heavy atom. The highest BCUT2D eigenvalue weighted by molar-refractivity contribution is 5.02. The molecule has 1 atom stereocenters. The second kappa shape index (κ2) is 7.06. The minimum Gasteiger partial charge on any atom is -0.335 e. The molecule has 0 fully saturated rings. The van der Waals surface area contributed by atoms with Crippen molar-refractivity contribution < 1.29 is 0 Å². The lowest BCUT2D eigenvalue weighted by molar-refractivity contribution is 0.0932. The average molecular weight is 266 g/mol. The molecule has 1 unspecified atom stereocenters. The standard InChI is InChI=1S/C15H30N4/c1-7-18-11-10-17-14(18)12-13(16-6)15(4,5)19(8-2)9-3/h10-11,13,16H,7-9,12H2,1-6H3. The summed E-state index contributed by atoms with van der Waals surface area (Å²) in [5.41, 5.74) is 0.114. The first kappa shape index (κ1) is 16.2. The highest BCUT2D eigenvalue weighted by Gasteiger charge is 2.33. The lowest BCUT2D eigenvalue weighted by Gasteiger charge is -2.43. The maximum absolute atomic E-state index is 4.50. The molecule has 0 amide bonds. The van der Waals surface area contributed by atoms with Crippen molar-refractivity contribution in [1.29, 1.82) is 0 Å². The zero-order chi connectivity index (χ0) is 14.5. The van der Waals surface area contributed by atoms with Gasteiger partial charge in [0, 0.05) is 36.9 Å². The predicted molar refractivity (Wildman–Crippen MR) is 81.5 cm³/mol. The van der Waals surface area contributed by atoms with Gasteiger partial charge in [-0.25, -0.2) is 4.98 Å². The van der Waals surface area contributed by atoms with E-state index in [1.165, 1.54) is 5.82 Å². The van der Waals surface area contributed by atoms with E-state index in [1.807, 2.05) is 6.20 Å². The van der Waals surface area contributed by atoms with Gasteiger partial charge in [0.05, 0.1) is 0 Å². The van der Waals surface area contributed by atoms with Gasteiger partial charge < -0.3 is 9.88 Å². The van der Waals surface area contributed by atoms with Crippen LogP contribution < -0.4 is 5.32 Å². The monoisotopic (exact) mass is 266 g/mol. The topological polar surface area (TPSA) is 33.1 Å². The van der Waals surface area contributed by atoms with Crippen molar-refractivity contribution in [3.8, 4) is 0 Å². The van der Waals surface area contributed by atoms with Crippen LogP contribution in [-0.2, 0) is 13.0 Å². The van der Waals surface area contributed by atoms with Crippen LogP contribution in [0.25, 0.3) is 0 Å². The maximum Gasteiger partial charge on any atom is 0.110 e. The van der Waals surface area contributed by atoms with E-state index in [0.717, 1.165) is 26.1 Å². The summed E-state index contributed by atoms with van der Waals surface area (Å²) in [4.78, 5) is 7.01. The van der Waals surface area contributed by atoms with E-state index in [4.69, 9.17) is 0 Å². The number of nitrogens with zero attached hydrogens (tertiary/aromatic N) is 3. The fraction of sp³-hybridized carbons (Fsp3) is 0.800. The summed E-state index contributed by atoms with van der Waals surface area (Å²) in [5, 5.41) is 3.49. The molecular weight excluding hydrogens is 236 g/mol. The molecule has 1 heterocycles. The van der Waals surface area contributed by atoms with Gasteiger partial charge in [0.2, 0.25) is 0 Å². The van der Waals surface area contributed by atoms with E-state index in [0.29, 0.717) is 6.04 Å². The van der Waals surface area contributed by atoms with E-state index >= 15 is 0 Å². The van der Waals surface area contributed by atoms with E-state index in [1.54, 1.807) is 0 Å². The van der Waals surface area contributed by atoms with Gasteiger partial charge in [0.1, 0.15) is 5.82 Å². The Balaban J connectivity index is 2.88. The molecule has 4 nitrogen and oxygen atoms in total. The molecular formula is C15H30N4. The van der Waals surface area contributed by atoms with Gasteiger partial charge in [-0.1, -0.05) is 13.8 Å². The third-order valence-corrected chi connectivity index (χ3v) is 4.31.